The zero-order valence-electron chi connectivity index (χ0n) is 10.6. The molecule has 8 heteroatoms. The standard InChI is InChI=1S/C13H10Cl2N2O3S/c14-8-2-1-7(5-9(8)15)12(18)16-4-3-11-17-10(6-21-11)13(19)20/h1-2,5-6H,3-4H2,(H,16,18)(H,19,20). The Balaban J connectivity index is 1.88. The van der Waals surface area contributed by atoms with Crippen LogP contribution >= 0.6 is 34.5 Å². The number of nitrogens with one attached hydrogen (secondary N) is 1. The maximum atomic E-state index is 11.9. The number of hydrogen-bond donors (Lipinski definition) is 2. The minimum atomic E-state index is -1.06. The predicted molar refractivity (Wildman–Crippen MR) is 81.6 cm³/mol. The first kappa shape index (κ1) is 15.8. The molecular formula is C13H10Cl2N2O3S. The van der Waals surface area contributed by atoms with Gasteiger partial charge in [0.15, 0.2) is 5.69 Å². The second-order valence-corrected chi connectivity index (χ2v) is 5.82. The third-order valence-electron chi connectivity index (χ3n) is 2.58. The van der Waals surface area contributed by atoms with Crippen LogP contribution in [0.3, 0.4) is 0 Å². The van der Waals surface area contributed by atoms with Gasteiger partial charge < -0.3 is 10.4 Å². The molecule has 0 saturated heterocycles. The average molecular weight is 345 g/mol. The van der Waals surface area contributed by atoms with Crippen LogP contribution < -0.4 is 5.32 Å². The van der Waals surface area contributed by atoms with Crippen LogP contribution in [0.25, 0.3) is 0 Å². The Morgan fingerprint density at radius 1 is 1.29 bits per heavy atom. The smallest absolute Gasteiger partial charge is 0.355 e. The first-order chi connectivity index (χ1) is 9.97. The Labute approximate surface area is 134 Å². The molecule has 0 aliphatic heterocycles. The summed E-state index contributed by atoms with van der Waals surface area (Å²) in [4.78, 5) is 26.5. The van der Waals surface area contributed by atoms with E-state index in [1.165, 1.54) is 22.8 Å². The van der Waals surface area contributed by atoms with E-state index in [1.54, 1.807) is 12.1 Å². The summed E-state index contributed by atoms with van der Waals surface area (Å²) in [5, 5.41) is 14.3. The largest absolute Gasteiger partial charge is 0.476 e. The molecule has 2 rings (SSSR count). The van der Waals surface area contributed by atoms with Gasteiger partial charge in [-0.05, 0) is 18.2 Å². The number of aromatic carboxylic acids is 1. The summed E-state index contributed by atoms with van der Waals surface area (Å²) in [6.07, 6.45) is 0.463. The predicted octanol–water partition coefficient (Wildman–Crippen LogP) is 3.12. The molecule has 0 atom stereocenters. The number of amides is 1. The van der Waals surface area contributed by atoms with Crippen molar-refractivity contribution in [3.8, 4) is 0 Å². The lowest BCUT2D eigenvalue weighted by molar-refractivity contribution is 0.0690. The Morgan fingerprint density at radius 2 is 2.05 bits per heavy atom. The number of benzene rings is 1. The number of thiazole rings is 1. The van der Waals surface area contributed by atoms with Gasteiger partial charge in [-0.25, -0.2) is 9.78 Å². The minimum absolute atomic E-state index is 0.0193. The molecule has 1 aromatic carbocycles. The van der Waals surface area contributed by atoms with Crippen molar-refractivity contribution in [3.63, 3.8) is 0 Å². The lowest BCUT2D eigenvalue weighted by atomic mass is 10.2. The van der Waals surface area contributed by atoms with Crippen molar-refractivity contribution in [2.45, 2.75) is 6.42 Å². The van der Waals surface area contributed by atoms with E-state index in [2.05, 4.69) is 10.3 Å². The second kappa shape index (κ2) is 6.89. The van der Waals surface area contributed by atoms with E-state index in [1.807, 2.05) is 0 Å². The van der Waals surface area contributed by atoms with Crippen LogP contribution in [0.1, 0.15) is 25.9 Å². The molecular weight excluding hydrogens is 335 g/mol. The zero-order chi connectivity index (χ0) is 15.4. The molecule has 0 saturated carbocycles. The van der Waals surface area contributed by atoms with E-state index >= 15 is 0 Å². The molecule has 1 aromatic heterocycles. The monoisotopic (exact) mass is 344 g/mol. The van der Waals surface area contributed by atoms with Crippen LogP contribution in [0.15, 0.2) is 23.6 Å². The lowest BCUT2D eigenvalue weighted by Crippen LogP contribution is -2.25. The minimum Gasteiger partial charge on any atom is -0.476 e. The average Bonchev–Trinajstić information content (AvgIpc) is 2.91. The van der Waals surface area contributed by atoms with Gasteiger partial charge in [0, 0.05) is 23.9 Å². The van der Waals surface area contributed by atoms with Gasteiger partial charge in [0.2, 0.25) is 0 Å². The highest BCUT2D eigenvalue weighted by Crippen LogP contribution is 2.22. The summed E-state index contributed by atoms with van der Waals surface area (Å²) in [7, 11) is 0. The molecule has 1 amide bonds. The highest BCUT2D eigenvalue weighted by atomic mass is 35.5. The van der Waals surface area contributed by atoms with E-state index in [0.29, 0.717) is 33.6 Å². The van der Waals surface area contributed by atoms with Crippen LogP contribution in [0.5, 0.6) is 0 Å². The molecule has 1 heterocycles. The number of halogens is 2. The highest BCUT2D eigenvalue weighted by molar-refractivity contribution is 7.09. The summed E-state index contributed by atoms with van der Waals surface area (Å²) < 4.78 is 0. The fourth-order valence-electron chi connectivity index (χ4n) is 1.55. The van der Waals surface area contributed by atoms with E-state index in [0.717, 1.165) is 0 Å². The van der Waals surface area contributed by atoms with Gasteiger partial charge in [-0.2, -0.15) is 0 Å². The van der Waals surface area contributed by atoms with Crippen LogP contribution in [-0.2, 0) is 6.42 Å². The van der Waals surface area contributed by atoms with Crippen LogP contribution in [0, 0.1) is 0 Å². The molecule has 0 fully saturated rings. The van der Waals surface area contributed by atoms with Crippen molar-refractivity contribution < 1.29 is 14.7 Å². The van der Waals surface area contributed by atoms with Gasteiger partial charge in [-0.1, -0.05) is 23.2 Å². The van der Waals surface area contributed by atoms with Crippen LogP contribution in [-0.4, -0.2) is 28.5 Å². The van der Waals surface area contributed by atoms with Gasteiger partial charge in [0.05, 0.1) is 15.1 Å². The van der Waals surface area contributed by atoms with Crippen LogP contribution in [0.2, 0.25) is 10.0 Å². The van der Waals surface area contributed by atoms with Crippen molar-refractivity contribution in [3.05, 3.63) is 49.9 Å². The quantitative estimate of drug-likeness (QED) is 0.873. The Kier molecular flexibility index (Phi) is 5.17. The third kappa shape index (κ3) is 4.17. The van der Waals surface area contributed by atoms with Gasteiger partial charge in [0.25, 0.3) is 5.91 Å². The number of rotatable bonds is 5. The summed E-state index contributed by atoms with van der Waals surface area (Å²) in [6, 6.07) is 4.62. The maximum absolute atomic E-state index is 11.9. The molecule has 0 radical (unpaired) electrons. The molecule has 2 aromatic rings. The Bertz CT molecular complexity index is 688. The topological polar surface area (TPSA) is 79.3 Å². The fraction of sp³-hybridized carbons (Fsp3) is 0.154. The van der Waals surface area contributed by atoms with E-state index < -0.39 is 5.97 Å². The van der Waals surface area contributed by atoms with Crippen molar-refractivity contribution in [2.75, 3.05) is 6.54 Å². The number of nitrogens with zero attached hydrogens (tertiary/aromatic N) is 1. The first-order valence-electron chi connectivity index (χ1n) is 5.88. The number of carbonyl (C=O) groups is 2. The SMILES string of the molecule is O=C(NCCc1nc(C(=O)O)cs1)c1ccc(Cl)c(Cl)c1. The summed E-state index contributed by atoms with van der Waals surface area (Å²) in [6.45, 7) is 0.353. The number of hydrogen-bond acceptors (Lipinski definition) is 4. The molecule has 5 nitrogen and oxygen atoms in total. The zero-order valence-corrected chi connectivity index (χ0v) is 12.9. The summed E-state index contributed by atoms with van der Waals surface area (Å²) in [5.74, 6) is -1.33. The Hall–Kier alpha value is -1.63. The van der Waals surface area contributed by atoms with Gasteiger partial charge >= 0.3 is 5.97 Å². The summed E-state index contributed by atoms with van der Waals surface area (Å²) in [5.41, 5.74) is 0.431. The summed E-state index contributed by atoms with van der Waals surface area (Å²) >= 11 is 12.9. The van der Waals surface area contributed by atoms with E-state index in [9.17, 15) is 9.59 Å². The van der Waals surface area contributed by atoms with Crippen molar-refractivity contribution >= 4 is 46.4 Å². The normalized spacial score (nSPS) is 10.4. The third-order valence-corrected chi connectivity index (χ3v) is 4.22. The highest BCUT2D eigenvalue weighted by Gasteiger charge is 2.10. The number of carbonyl (C=O) groups excluding carboxylic acids is 1. The molecule has 0 aliphatic carbocycles. The van der Waals surface area contributed by atoms with Gasteiger partial charge in [0.1, 0.15) is 0 Å². The molecule has 0 aliphatic rings. The number of carboxylic acids is 1. The van der Waals surface area contributed by atoms with Crippen molar-refractivity contribution in [1.29, 1.82) is 0 Å². The second-order valence-electron chi connectivity index (χ2n) is 4.07. The first-order valence-corrected chi connectivity index (χ1v) is 7.52. The molecule has 0 bridgehead atoms. The van der Waals surface area contributed by atoms with E-state index in [-0.39, 0.29) is 11.6 Å². The van der Waals surface area contributed by atoms with Crippen LogP contribution in [0.4, 0.5) is 0 Å². The van der Waals surface area contributed by atoms with Crippen molar-refractivity contribution in [1.82, 2.24) is 10.3 Å². The number of carboxylic acid groups (broad SMARTS) is 1. The molecule has 21 heavy (non-hydrogen) atoms. The van der Waals surface area contributed by atoms with E-state index in [4.69, 9.17) is 28.3 Å². The molecule has 2 N–H and O–H groups in total. The fourth-order valence-corrected chi connectivity index (χ4v) is 2.62. The molecule has 110 valence electrons. The maximum Gasteiger partial charge on any atom is 0.355 e. The Morgan fingerprint density at radius 3 is 2.67 bits per heavy atom. The number of aromatic nitrogens is 1. The van der Waals surface area contributed by atoms with Gasteiger partial charge in [-0.15, -0.1) is 11.3 Å². The molecule has 0 unspecified atom stereocenters. The van der Waals surface area contributed by atoms with Gasteiger partial charge in [-0.3, -0.25) is 4.79 Å². The molecule has 0 spiro atoms. The lowest BCUT2D eigenvalue weighted by Gasteiger charge is -2.05. The van der Waals surface area contributed by atoms with Crippen molar-refractivity contribution in [2.24, 2.45) is 0 Å².